The molecule has 0 amide bonds. The summed E-state index contributed by atoms with van der Waals surface area (Å²) in [6, 6.07) is 6.44. The number of rotatable bonds is 0. The Morgan fingerprint density at radius 3 is 3.00 bits per heavy atom. The van der Waals surface area contributed by atoms with Crippen molar-refractivity contribution in [3.63, 3.8) is 0 Å². The van der Waals surface area contributed by atoms with Crippen molar-refractivity contribution in [1.82, 2.24) is 0 Å². The minimum Gasteiger partial charge on any atom is -0.492 e. The number of hydrogen-bond donors (Lipinski definition) is 1. The minimum atomic E-state index is 0. The van der Waals surface area contributed by atoms with Crippen molar-refractivity contribution in [3.05, 3.63) is 29.3 Å². The van der Waals surface area contributed by atoms with E-state index in [0.717, 1.165) is 12.2 Å². The molecule has 0 radical (unpaired) electrons. The molecule has 1 aliphatic heterocycles. The van der Waals surface area contributed by atoms with E-state index in [0.29, 0.717) is 6.61 Å². The van der Waals surface area contributed by atoms with Crippen LogP contribution in [0.25, 0.3) is 0 Å². The van der Waals surface area contributed by atoms with E-state index in [-0.39, 0.29) is 18.4 Å². The van der Waals surface area contributed by atoms with Crippen LogP contribution in [-0.2, 0) is 6.42 Å². The van der Waals surface area contributed by atoms with Crippen LogP contribution in [0.5, 0.6) is 5.75 Å². The summed E-state index contributed by atoms with van der Waals surface area (Å²) in [4.78, 5) is 0. The topological polar surface area (TPSA) is 35.2 Å². The molecule has 1 heterocycles. The van der Waals surface area contributed by atoms with Gasteiger partial charge in [0.05, 0.1) is 0 Å². The van der Waals surface area contributed by atoms with Crippen LogP contribution in [0, 0.1) is 6.92 Å². The van der Waals surface area contributed by atoms with Gasteiger partial charge in [-0.1, -0.05) is 12.1 Å². The number of aryl methyl sites for hydroxylation is 1. The maximum atomic E-state index is 5.76. The van der Waals surface area contributed by atoms with Crippen LogP contribution in [0.4, 0.5) is 0 Å². The molecule has 0 saturated carbocycles. The highest BCUT2D eigenvalue weighted by molar-refractivity contribution is 5.85. The first-order chi connectivity index (χ1) is 5.75. The first-order valence-electron chi connectivity index (χ1n) is 4.23. The summed E-state index contributed by atoms with van der Waals surface area (Å²) in [5.74, 6) is 1.01. The molecule has 0 aromatic heterocycles. The van der Waals surface area contributed by atoms with E-state index in [1.807, 2.05) is 0 Å². The second-order valence-electron chi connectivity index (χ2n) is 3.39. The van der Waals surface area contributed by atoms with Gasteiger partial charge < -0.3 is 10.5 Å². The zero-order valence-electron chi connectivity index (χ0n) is 7.62. The number of benzene rings is 1. The molecule has 2 nitrogen and oxygen atoms in total. The van der Waals surface area contributed by atoms with Crippen molar-refractivity contribution in [2.24, 2.45) is 5.73 Å². The fraction of sp³-hybridized carbons (Fsp3) is 0.400. The zero-order chi connectivity index (χ0) is 8.55. The lowest BCUT2D eigenvalue weighted by Crippen LogP contribution is -2.33. The average Bonchev–Trinajstić information content (AvgIpc) is 2.05. The number of hydrogen-bond acceptors (Lipinski definition) is 2. The molecule has 0 saturated heterocycles. The van der Waals surface area contributed by atoms with Gasteiger partial charge in [0.1, 0.15) is 12.4 Å². The first-order valence-corrected chi connectivity index (χ1v) is 4.23. The molecule has 0 bridgehead atoms. The molecule has 1 aromatic rings. The number of halogens is 1. The Bertz CT molecular complexity index is 301. The second kappa shape index (κ2) is 3.99. The minimum absolute atomic E-state index is 0. The van der Waals surface area contributed by atoms with E-state index in [2.05, 4.69) is 25.1 Å². The Balaban J connectivity index is 0.000000845. The van der Waals surface area contributed by atoms with Crippen LogP contribution in [0.1, 0.15) is 11.1 Å². The molecule has 1 unspecified atom stereocenters. The molecule has 2 rings (SSSR count). The van der Waals surface area contributed by atoms with Gasteiger partial charge in [-0.25, -0.2) is 0 Å². The van der Waals surface area contributed by atoms with Crippen LogP contribution >= 0.6 is 12.4 Å². The molecule has 1 atom stereocenters. The van der Waals surface area contributed by atoms with Crippen molar-refractivity contribution < 1.29 is 4.74 Å². The monoisotopic (exact) mass is 199 g/mol. The van der Waals surface area contributed by atoms with Crippen molar-refractivity contribution in [3.8, 4) is 5.75 Å². The quantitative estimate of drug-likeness (QED) is 0.690. The fourth-order valence-corrected chi connectivity index (χ4v) is 1.50. The van der Waals surface area contributed by atoms with Gasteiger partial charge >= 0.3 is 0 Å². The van der Waals surface area contributed by atoms with E-state index >= 15 is 0 Å². The summed E-state index contributed by atoms with van der Waals surface area (Å²) in [6.45, 7) is 2.72. The Morgan fingerprint density at radius 1 is 1.46 bits per heavy atom. The van der Waals surface area contributed by atoms with E-state index in [1.54, 1.807) is 0 Å². The van der Waals surface area contributed by atoms with Crippen LogP contribution in [0.2, 0.25) is 0 Å². The highest BCUT2D eigenvalue weighted by Gasteiger charge is 2.15. The summed E-state index contributed by atoms with van der Waals surface area (Å²) in [5.41, 5.74) is 8.24. The third kappa shape index (κ3) is 2.14. The van der Waals surface area contributed by atoms with Gasteiger partial charge in [-0.2, -0.15) is 0 Å². The molecule has 13 heavy (non-hydrogen) atoms. The highest BCUT2D eigenvalue weighted by Crippen LogP contribution is 2.24. The fourth-order valence-electron chi connectivity index (χ4n) is 1.50. The Kier molecular flexibility index (Phi) is 3.17. The summed E-state index contributed by atoms with van der Waals surface area (Å²) in [5, 5.41) is 0. The van der Waals surface area contributed by atoms with Crippen molar-refractivity contribution >= 4 is 12.4 Å². The lowest BCUT2D eigenvalue weighted by atomic mass is 10.0. The molecule has 1 aliphatic rings. The van der Waals surface area contributed by atoms with E-state index < -0.39 is 0 Å². The summed E-state index contributed by atoms with van der Waals surface area (Å²) in [6.07, 6.45) is 0.940. The zero-order valence-corrected chi connectivity index (χ0v) is 8.43. The highest BCUT2D eigenvalue weighted by atomic mass is 35.5. The lowest BCUT2D eigenvalue weighted by molar-refractivity contribution is 0.263. The molecule has 3 heteroatoms. The van der Waals surface area contributed by atoms with Crippen LogP contribution in [0.3, 0.4) is 0 Å². The summed E-state index contributed by atoms with van der Waals surface area (Å²) in [7, 11) is 0. The third-order valence-corrected chi connectivity index (χ3v) is 2.16. The first kappa shape index (κ1) is 10.4. The van der Waals surface area contributed by atoms with E-state index in [4.69, 9.17) is 10.5 Å². The van der Waals surface area contributed by atoms with Gasteiger partial charge in [0.25, 0.3) is 0 Å². The number of fused-ring (bicyclic) bond motifs is 1. The molecule has 72 valence electrons. The van der Waals surface area contributed by atoms with Gasteiger partial charge in [-0.05, 0) is 30.5 Å². The smallest absolute Gasteiger partial charge is 0.122 e. The number of nitrogens with two attached hydrogens (primary N) is 1. The van der Waals surface area contributed by atoms with Crippen molar-refractivity contribution in [2.75, 3.05) is 6.61 Å². The standard InChI is InChI=1S/C10H13NO.ClH/c1-7-2-3-8-5-9(11)6-12-10(8)4-7;/h2-4,9H,5-6,11H2,1H3;1H. The van der Waals surface area contributed by atoms with Gasteiger partial charge in [0.15, 0.2) is 0 Å². The van der Waals surface area contributed by atoms with Crippen molar-refractivity contribution in [1.29, 1.82) is 0 Å². The van der Waals surface area contributed by atoms with Gasteiger partial charge in [-0.3, -0.25) is 0 Å². The van der Waals surface area contributed by atoms with Crippen LogP contribution in [0.15, 0.2) is 18.2 Å². The normalized spacial score (nSPS) is 19.7. The molecule has 1 aromatic carbocycles. The summed E-state index contributed by atoms with van der Waals surface area (Å²) >= 11 is 0. The molecule has 2 N–H and O–H groups in total. The Morgan fingerprint density at radius 2 is 2.23 bits per heavy atom. The predicted octanol–water partition coefficient (Wildman–Crippen LogP) is 1.68. The Labute approximate surface area is 84.5 Å². The number of ether oxygens (including phenoxy) is 1. The second-order valence-corrected chi connectivity index (χ2v) is 3.39. The Hall–Kier alpha value is -0.730. The lowest BCUT2D eigenvalue weighted by Gasteiger charge is -2.22. The third-order valence-electron chi connectivity index (χ3n) is 2.16. The van der Waals surface area contributed by atoms with Crippen LogP contribution < -0.4 is 10.5 Å². The van der Waals surface area contributed by atoms with E-state index in [1.165, 1.54) is 11.1 Å². The van der Waals surface area contributed by atoms with Gasteiger partial charge in [0.2, 0.25) is 0 Å². The van der Waals surface area contributed by atoms with E-state index in [9.17, 15) is 0 Å². The predicted molar refractivity (Wildman–Crippen MR) is 55.6 cm³/mol. The van der Waals surface area contributed by atoms with Gasteiger partial charge in [0, 0.05) is 6.04 Å². The SMILES string of the molecule is Cc1ccc2c(c1)OCC(N)C2.Cl. The van der Waals surface area contributed by atoms with Gasteiger partial charge in [-0.15, -0.1) is 12.4 Å². The molecule has 0 spiro atoms. The summed E-state index contributed by atoms with van der Waals surface area (Å²) < 4.78 is 5.49. The molecular weight excluding hydrogens is 186 g/mol. The maximum absolute atomic E-state index is 5.76. The average molecular weight is 200 g/mol. The van der Waals surface area contributed by atoms with Crippen molar-refractivity contribution in [2.45, 2.75) is 19.4 Å². The van der Waals surface area contributed by atoms with Crippen LogP contribution in [-0.4, -0.2) is 12.6 Å². The molecule has 0 fully saturated rings. The molecule has 0 aliphatic carbocycles. The largest absolute Gasteiger partial charge is 0.492 e. The molecular formula is C10H14ClNO. The maximum Gasteiger partial charge on any atom is 0.122 e.